The fourth-order valence-corrected chi connectivity index (χ4v) is 3.40. The molecule has 3 rings (SSSR count). The maximum Gasteiger partial charge on any atom is 0.327 e. The number of carbonyl (C=O) groups is 2. The van der Waals surface area contributed by atoms with Gasteiger partial charge in [0.1, 0.15) is 17.6 Å². The third-order valence-corrected chi connectivity index (χ3v) is 5.10. The van der Waals surface area contributed by atoms with Crippen LogP contribution in [-0.4, -0.2) is 17.0 Å². The van der Waals surface area contributed by atoms with E-state index < -0.39 is 29.4 Å². The Balaban J connectivity index is 1.70. The topological polar surface area (TPSA) is 96.6 Å². The second kappa shape index (κ2) is 8.19. The fraction of sp³-hybridized carbons (Fsp3) is 0.261. The first-order valence-electron chi connectivity index (χ1n) is 9.17. The average Bonchev–Trinajstić information content (AvgIpc) is 3.26. The highest BCUT2D eigenvalue weighted by atomic mass is 16.5. The summed E-state index contributed by atoms with van der Waals surface area (Å²) in [4.78, 5) is 23.3. The predicted octanol–water partition coefficient (Wildman–Crippen LogP) is 4.50. The minimum Gasteiger partial charge on any atom is -0.478 e. The molecule has 6 heteroatoms. The number of carboxylic acid groups (broad SMARTS) is 1. The Morgan fingerprint density at radius 3 is 2.48 bits per heavy atom. The molecule has 0 aromatic heterocycles. The fourth-order valence-electron chi connectivity index (χ4n) is 3.40. The summed E-state index contributed by atoms with van der Waals surface area (Å²) < 4.78 is 11.2. The van der Waals surface area contributed by atoms with Crippen molar-refractivity contribution in [2.75, 3.05) is 0 Å². The number of carbonyl (C=O) groups excluding carboxylic acids is 1. The first kappa shape index (κ1) is 20.2. The third kappa shape index (κ3) is 4.64. The first-order valence-corrected chi connectivity index (χ1v) is 9.17. The summed E-state index contributed by atoms with van der Waals surface area (Å²) in [6, 6.07) is 18.1. The number of esters is 1. The van der Waals surface area contributed by atoms with E-state index in [9.17, 15) is 14.9 Å². The second-order valence-corrected chi connectivity index (χ2v) is 7.46. The van der Waals surface area contributed by atoms with Crippen molar-refractivity contribution in [3.63, 3.8) is 0 Å². The van der Waals surface area contributed by atoms with Crippen LogP contribution in [0, 0.1) is 28.6 Å². The van der Waals surface area contributed by atoms with E-state index in [-0.39, 0.29) is 5.92 Å². The molecule has 6 nitrogen and oxygen atoms in total. The van der Waals surface area contributed by atoms with Crippen LogP contribution in [0.4, 0.5) is 0 Å². The molecule has 0 amide bonds. The molecule has 1 aliphatic rings. The van der Waals surface area contributed by atoms with E-state index in [2.05, 4.69) is 0 Å². The van der Waals surface area contributed by atoms with E-state index in [4.69, 9.17) is 14.6 Å². The second-order valence-electron chi connectivity index (χ2n) is 7.46. The Labute approximate surface area is 169 Å². The molecular formula is C23H21NO5. The Hall–Kier alpha value is -3.59. The van der Waals surface area contributed by atoms with Crippen LogP contribution in [-0.2, 0) is 14.3 Å². The van der Waals surface area contributed by atoms with E-state index in [1.807, 2.05) is 50.2 Å². The zero-order chi connectivity index (χ0) is 21.0. The highest BCUT2D eigenvalue weighted by Gasteiger charge is 2.61. The molecule has 148 valence electrons. The molecule has 0 saturated heterocycles. The number of benzene rings is 2. The van der Waals surface area contributed by atoms with Gasteiger partial charge in [0.05, 0.1) is 5.92 Å². The largest absolute Gasteiger partial charge is 0.478 e. The van der Waals surface area contributed by atoms with Crippen LogP contribution in [0.25, 0.3) is 0 Å². The first-order chi connectivity index (χ1) is 13.8. The quantitative estimate of drug-likeness (QED) is 0.551. The van der Waals surface area contributed by atoms with Gasteiger partial charge in [-0.3, -0.25) is 4.79 Å². The van der Waals surface area contributed by atoms with Gasteiger partial charge >= 0.3 is 11.9 Å². The van der Waals surface area contributed by atoms with E-state index in [1.54, 1.807) is 24.3 Å². The lowest BCUT2D eigenvalue weighted by Crippen LogP contribution is -2.14. The van der Waals surface area contributed by atoms with Crippen LogP contribution >= 0.6 is 0 Å². The van der Waals surface area contributed by atoms with Crippen molar-refractivity contribution >= 4 is 11.9 Å². The normalized spacial score (nSPS) is 20.4. The lowest BCUT2D eigenvalue weighted by Gasteiger charge is -2.13. The lowest BCUT2D eigenvalue weighted by molar-refractivity contribution is -0.149. The standard InChI is InChI=1S/C23H21NO5/c1-23(2)18(11-12-20(25)26)21(23)22(27)29-19(14-24)15-7-6-10-17(13-15)28-16-8-4-3-5-9-16/h3-13,18-19,21H,1-2H3,(H,25,26)/t18-,19+,21-/m0/s1. The zero-order valence-corrected chi connectivity index (χ0v) is 16.1. The van der Waals surface area contributed by atoms with Crippen molar-refractivity contribution in [2.45, 2.75) is 20.0 Å². The monoisotopic (exact) mass is 391 g/mol. The molecule has 29 heavy (non-hydrogen) atoms. The molecule has 0 aliphatic heterocycles. The van der Waals surface area contributed by atoms with Gasteiger partial charge < -0.3 is 14.6 Å². The number of nitriles is 1. The van der Waals surface area contributed by atoms with Crippen LogP contribution in [0.3, 0.4) is 0 Å². The number of allylic oxidation sites excluding steroid dienone is 1. The molecule has 0 heterocycles. The third-order valence-electron chi connectivity index (χ3n) is 5.10. The van der Waals surface area contributed by atoms with Crippen molar-refractivity contribution in [2.24, 2.45) is 17.3 Å². The van der Waals surface area contributed by atoms with Gasteiger partial charge in [-0.2, -0.15) is 5.26 Å². The van der Waals surface area contributed by atoms with E-state index in [1.165, 1.54) is 6.08 Å². The van der Waals surface area contributed by atoms with Crippen molar-refractivity contribution in [1.29, 1.82) is 5.26 Å². The van der Waals surface area contributed by atoms with E-state index in [0.717, 1.165) is 6.08 Å². The van der Waals surface area contributed by atoms with E-state index in [0.29, 0.717) is 17.1 Å². The summed E-state index contributed by atoms with van der Waals surface area (Å²) in [5.74, 6) is -1.13. The number of hydrogen-bond acceptors (Lipinski definition) is 5. The number of aliphatic carboxylic acids is 1. The van der Waals surface area contributed by atoms with Gasteiger partial charge in [-0.05, 0) is 35.6 Å². The molecule has 1 saturated carbocycles. The summed E-state index contributed by atoms with van der Waals surface area (Å²) >= 11 is 0. The molecule has 0 bridgehead atoms. The number of rotatable bonds is 7. The van der Waals surface area contributed by atoms with Gasteiger partial charge in [-0.25, -0.2) is 4.79 Å². The lowest BCUT2D eigenvalue weighted by atomic mass is 10.1. The molecular weight excluding hydrogens is 370 g/mol. The average molecular weight is 391 g/mol. The Morgan fingerprint density at radius 1 is 1.14 bits per heavy atom. The Bertz CT molecular complexity index is 974. The van der Waals surface area contributed by atoms with Gasteiger partial charge in [0.15, 0.2) is 0 Å². The van der Waals surface area contributed by atoms with Gasteiger partial charge in [0, 0.05) is 11.6 Å². The molecule has 3 atom stereocenters. The maximum absolute atomic E-state index is 12.6. The van der Waals surface area contributed by atoms with Crippen LogP contribution in [0.15, 0.2) is 66.7 Å². The van der Waals surface area contributed by atoms with Gasteiger partial charge in [-0.15, -0.1) is 0 Å². The van der Waals surface area contributed by atoms with Crippen molar-refractivity contribution in [3.8, 4) is 17.6 Å². The molecule has 0 radical (unpaired) electrons. The van der Waals surface area contributed by atoms with Crippen molar-refractivity contribution in [3.05, 3.63) is 72.3 Å². The summed E-state index contributed by atoms with van der Waals surface area (Å²) in [6.07, 6.45) is 1.46. The number of carboxylic acids is 1. The SMILES string of the molecule is CC1(C)[C@H](C(=O)O[C@H](C#N)c2cccc(Oc3ccccc3)c2)[C@@H]1C=CC(=O)O. The summed E-state index contributed by atoms with van der Waals surface area (Å²) in [5.41, 5.74) is 0.0896. The predicted molar refractivity (Wildman–Crippen MR) is 105 cm³/mol. The highest BCUT2D eigenvalue weighted by molar-refractivity contribution is 5.82. The molecule has 1 aliphatic carbocycles. The number of nitrogens with zero attached hydrogens (tertiary/aromatic N) is 1. The minimum absolute atomic E-state index is 0.238. The maximum atomic E-state index is 12.6. The Kier molecular flexibility index (Phi) is 5.69. The summed E-state index contributed by atoms with van der Waals surface area (Å²) in [6.45, 7) is 3.73. The molecule has 0 spiro atoms. The molecule has 2 aromatic carbocycles. The van der Waals surface area contributed by atoms with Crippen LogP contribution in [0.2, 0.25) is 0 Å². The number of hydrogen-bond donors (Lipinski definition) is 1. The van der Waals surface area contributed by atoms with Crippen molar-refractivity contribution < 1.29 is 24.2 Å². The van der Waals surface area contributed by atoms with Crippen molar-refractivity contribution in [1.82, 2.24) is 0 Å². The molecule has 2 aromatic rings. The van der Waals surface area contributed by atoms with Crippen LogP contribution in [0.1, 0.15) is 25.5 Å². The van der Waals surface area contributed by atoms with Crippen LogP contribution in [0.5, 0.6) is 11.5 Å². The van der Waals surface area contributed by atoms with Gasteiger partial charge in [-0.1, -0.05) is 50.3 Å². The number of ether oxygens (including phenoxy) is 2. The minimum atomic E-state index is -1.08. The summed E-state index contributed by atoms with van der Waals surface area (Å²) in [5, 5.41) is 18.3. The van der Waals surface area contributed by atoms with Crippen LogP contribution < -0.4 is 4.74 Å². The van der Waals surface area contributed by atoms with Gasteiger partial charge in [0.2, 0.25) is 6.10 Å². The molecule has 1 N–H and O–H groups in total. The van der Waals surface area contributed by atoms with Gasteiger partial charge in [0.25, 0.3) is 0 Å². The zero-order valence-electron chi connectivity index (χ0n) is 16.1. The van der Waals surface area contributed by atoms with E-state index >= 15 is 0 Å². The summed E-state index contributed by atoms with van der Waals surface area (Å²) in [7, 11) is 0. The smallest absolute Gasteiger partial charge is 0.327 e. The molecule has 0 unspecified atom stereocenters. The Morgan fingerprint density at radius 2 is 1.83 bits per heavy atom. The highest BCUT2D eigenvalue weighted by Crippen LogP contribution is 2.59. The number of para-hydroxylation sites is 1. The molecule has 1 fully saturated rings.